The number of likely N-dealkylation sites (tertiary alicyclic amines) is 1. The Morgan fingerprint density at radius 1 is 1.33 bits per heavy atom. The first-order valence-electron chi connectivity index (χ1n) is 8.91. The topological polar surface area (TPSA) is 30.3 Å². The molecule has 130 valence electrons. The number of benzene rings is 1. The average Bonchev–Trinajstić information content (AvgIpc) is 3.10. The molecule has 0 unspecified atom stereocenters. The quantitative estimate of drug-likeness (QED) is 0.755. The molecule has 0 N–H and O–H groups in total. The van der Waals surface area contributed by atoms with Gasteiger partial charge in [-0.25, -0.2) is 0 Å². The summed E-state index contributed by atoms with van der Waals surface area (Å²) < 4.78 is 8.60. The van der Waals surface area contributed by atoms with Gasteiger partial charge in [-0.15, -0.1) is 0 Å². The molecule has 2 aromatic rings. The number of ether oxygens (including phenoxy) is 1. The van der Waals surface area contributed by atoms with E-state index in [4.69, 9.17) is 9.84 Å². The van der Waals surface area contributed by atoms with E-state index in [1.807, 2.05) is 6.07 Å². The maximum Gasteiger partial charge on any atom is 0.135 e. The molecule has 2 fully saturated rings. The minimum atomic E-state index is 0.513. The fourth-order valence-electron chi connectivity index (χ4n) is 4.95. The van der Waals surface area contributed by atoms with Crippen LogP contribution < -0.4 is 4.74 Å². The minimum absolute atomic E-state index is 0.513. The van der Waals surface area contributed by atoms with E-state index in [-0.39, 0.29) is 0 Å². The van der Waals surface area contributed by atoms with Gasteiger partial charge in [0.15, 0.2) is 0 Å². The molecule has 2 aliphatic rings. The number of methoxy groups -OCH3 is 1. The molecule has 0 amide bonds. The standard InChI is InChI=1S/C19H26BrN3O/c1-13-10-19(6-7-22(2)12-19)5-4-17(13)23-11-14-8-15(20)18(24-3)9-16(14)21-23/h8-9,11,13,17H,4-7,10,12H2,1-3H3/t13-,17-,19+/m1/s1. The van der Waals surface area contributed by atoms with Crippen LogP contribution >= 0.6 is 15.9 Å². The summed E-state index contributed by atoms with van der Waals surface area (Å²) in [5, 5.41) is 6.05. The van der Waals surface area contributed by atoms with E-state index >= 15 is 0 Å². The number of nitrogens with zero attached hydrogens (tertiary/aromatic N) is 3. The fraction of sp³-hybridized carbons (Fsp3) is 0.632. The lowest BCUT2D eigenvalue weighted by Crippen LogP contribution is -2.35. The maximum atomic E-state index is 5.40. The normalized spacial score (nSPS) is 31.2. The molecule has 1 saturated heterocycles. The zero-order valence-corrected chi connectivity index (χ0v) is 16.3. The summed E-state index contributed by atoms with van der Waals surface area (Å²) in [5.74, 6) is 1.52. The summed E-state index contributed by atoms with van der Waals surface area (Å²) in [4.78, 5) is 2.50. The zero-order chi connectivity index (χ0) is 16.9. The molecule has 3 atom stereocenters. The Bertz CT molecular complexity index is 758. The van der Waals surface area contributed by atoms with Gasteiger partial charge >= 0.3 is 0 Å². The molecule has 4 nitrogen and oxygen atoms in total. The Morgan fingerprint density at radius 3 is 2.83 bits per heavy atom. The minimum Gasteiger partial charge on any atom is -0.495 e. The van der Waals surface area contributed by atoms with Crippen molar-refractivity contribution >= 4 is 26.8 Å². The SMILES string of the molecule is COc1cc2nn([C@@H]3CC[C@]4(CCN(C)C4)C[C@H]3C)cc2cc1Br. The summed E-state index contributed by atoms with van der Waals surface area (Å²) in [7, 11) is 3.96. The van der Waals surface area contributed by atoms with Crippen molar-refractivity contribution in [2.24, 2.45) is 11.3 Å². The van der Waals surface area contributed by atoms with E-state index in [1.165, 1.54) is 44.2 Å². The molecule has 2 heterocycles. The van der Waals surface area contributed by atoms with Gasteiger partial charge in [0.05, 0.1) is 23.1 Å². The summed E-state index contributed by atoms with van der Waals surface area (Å²) >= 11 is 3.57. The number of rotatable bonds is 2. The van der Waals surface area contributed by atoms with Gasteiger partial charge in [-0.3, -0.25) is 4.68 Å². The molecule has 0 bridgehead atoms. The third kappa shape index (κ3) is 2.76. The van der Waals surface area contributed by atoms with Gasteiger partial charge in [-0.2, -0.15) is 5.10 Å². The molecule has 1 aromatic heterocycles. The molecule has 1 spiro atoms. The second-order valence-corrected chi connectivity index (χ2v) is 8.78. The van der Waals surface area contributed by atoms with Crippen LogP contribution in [0.2, 0.25) is 0 Å². The van der Waals surface area contributed by atoms with Crippen molar-refractivity contribution < 1.29 is 4.74 Å². The van der Waals surface area contributed by atoms with Crippen LogP contribution in [-0.4, -0.2) is 41.9 Å². The van der Waals surface area contributed by atoms with Crippen molar-refractivity contribution in [3.63, 3.8) is 0 Å². The van der Waals surface area contributed by atoms with E-state index in [9.17, 15) is 0 Å². The molecular formula is C19H26BrN3O. The van der Waals surface area contributed by atoms with Crippen LogP contribution in [0.25, 0.3) is 10.9 Å². The second-order valence-electron chi connectivity index (χ2n) is 7.93. The van der Waals surface area contributed by atoms with Crippen molar-refractivity contribution in [2.75, 3.05) is 27.2 Å². The van der Waals surface area contributed by atoms with Gasteiger partial charge in [0, 0.05) is 24.2 Å². The third-order valence-electron chi connectivity index (χ3n) is 6.15. The summed E-state index contributed by atoms with van der Waals surface area (Å²) in [6, 6.07) is 4.65. The van der Waals surface area contributed by atoms with Gasteiger partial charge in [-0.1, -0.05) is 6.92 Å². The van der Waals surface area contributed by atoms with Gasteiger partial charge in [-0.05, 0) is 72.6 Å². The Morgan fingerprint density at radius 2 is 2.17 bits per heavy atom. The van der Waals surface area contributed by atoms with Crippen LogP contribution in [0.1, 0.15) is 38.6 Å². The highest BCUT2D eigenvalue weighted by Gasteiger charge is 2.43. The predicted octanol–water partition coefficient (Wildman–Crippen LogP) is 4.49. The average molecular weight is 392 g/mol. The largest absolute Gasteiger partial charge is 0.495 e. The van der Waals surface area contributed by atoms with Crippen molar-refractivity contribution in [2.45, 2.75) is 38.6 Å². The number of hydrogen-bond donors (Lipinski definition) is 0. The lowest BCUT2D eigenvalue weighted by molar-refractivity contribution is 0.102. The predicted molar refractivity (Wildman–Crippen MR) is 101 cm³/mol. The smallest absolute Gasteiger partial charge is 0.135 e. The van der Waals surface area contributed by atoms with Gasteiger partial charge in [0.25, 0.3) is 0 Å². The highest BCUT2D eigenvalue weighted by atomic mass is 79.9. The van der Waals surface area contributed by atoms with Crippen molar-refractivity contribution in [3.8, 4) is 5.75 Å². The fourth-order valence-corrected chi connectivity index (χ4v) is 5.48. The highest BCUT2D eigenvalue weighted by Crippen LogP contribution is 2.49. The van der Waals surface area contributed by atoms with Crippen molar-refractivity contribution in [1.29, 1.82) is 0 Å². The van der Waals surface area contributed by atoms with Crippen LogP contribution in [0.4, 0.5) is 0 Å². The van der Waals surface area contributed by atoms with Crippen molar-refractivity contribution in [1.82, 2.24) is 14.7 Å². The Balaban J connectivity index is 1.59. The molecular weight excluding hydrogens is 366 g/mol. The van der Waals surface area contributed by atoms with E-state index < -0.39 is 0 Å². The Hall–Kier alpha value is -1.07. The number of halogens is 1. The number of aromatic nitrogens is 2. The first kappa shape index (κ1) is 16.4. The molecule has 1 saturated carbocycles. The van der Waals surface area contributed by atoms with Crippen molar-refractivity contribution in [3.05, 3.63) is 22.8 Å². The van der Waals surface area contributed by atoms with Crippen LogP contribution in [0.3, 0.4) is 0 Å². The summed E-state index contributed by atoms with van der Waals surface area (Å²) in [5.41, 5.74) is 1.58. The maximum absolute atomic E-state index is 5.40. The van der Waals surface area contributed by atoms with E-state index in [1.54, 1.807) is 7.11 Å². The van der Waals surface area contributed by atoms with Crippen LogP contribution in [0.15, 0.2) is 22.8 Å². The molecule has 1 aliphatic carbocycles. The Labute approximate surface area is 152 Å². The molecule has 4 rings (SSSR count). The van der Waals surface area contributed by atoms with E-state index in [2.05, 4.69) is 51.7 Å². The molecule has 0 radical (unpaired) electrons. The lowest BCUT2D eigenvalue weighted by Gasteiger charge is -2.41. The molecule has 1 aliphatic heterocycles. The van der Waals surface area contributed by atoms with Gasteiger partial charge in [0.2, 0.25) is 0 Å². The lowest BCUT2D eigenvalue weighted by atomic mass is 9.67. The summed E-state index contributed by atoms with van der Waals surface area (Å²) in [6.45, 7) is 4.94. The van der Waals surface area contributed by atoms with E-state index in [0.717, 1.165) is 15.7 Å². The highest BCUT2D eigenvalue weighted by molar-refractivity contribution is 9.10. The first-order chi connectivity index (χ1) is 11.5. The molecule has 1 aromatic carbocycles. The third-order valence-corrected chi connectivity index (χ3v) is 6.77. The monoisotopic (exact) mass is 391 g/mol. The van der Waals surface area contributed by atoms with Gasteiger partial charge < -0.3 is 9.64 Å². The molecule has 24 heavy (non-hydrogen) atoms. The first-order valence-corrected chi connectivity index (χ1v) is 9.70. The number of hydrogen-bond acceptors (Lipinski definition) is 3. The number of fused-ring (bicyclic) bond motifs is 1. The Kier molecular flexibility index (Phi) is 4.12. The zero-order valence-electron chi connectivity index (χ0n) is 14.8. The van der Waals surface area contributed by atoms with Gasteiger partial charge in [0.1, 0.15) is 5.75 Å². The molecule has 5 heteroatoms. The summed E-state index contributed by atoms with van der Waals surface area (Å²) in [6.07, 6.45) is 7.47. The van der Waals surface area contributed by atoms with Crippen LogP contribution in [0.5, 0.6) is 5.75 Å². The van der Waals surface area contributed by atoms with E-state index in [0.29, 0.717) is 17.4 Å². The second kappa shape index (κ2) is 6.03. The van der Waals surface area contributed by atoms with Crippen LogP contribution in [0, 0.1) is 11.3 Å². The van der Waals surface area contributed by atoms with Crippen LogP contribution in [-0.2, 0) is 0 Å².